The van der Waals surface area contributed by atoms with Crippen molar-refractivity contribution in [2.75, 3.05) is 13.7 Å². The first-order chi connectivity index (χ1) is 7.29. The van der Waals surface area contributed by atoms with Crippen molar-refractivity contribution >= 4 is 0 Å². The highest BCUT2D eigenvalue weighted by molar-refractivity contribution is 4.85. The zero-order valence-corrected chi connectivity index (χ0v) is 10.4. The van der Waals surface area contributed by atoms with Crippen LogP contribution in [0.25, 0.3) is 0 Å². The van der Waals surface area contributed by atoms with Crippen LogP contribution in [0.5, 0.6) is 0 Å². The van der Waals surface area contributed by atoms with Crippen LogP contribution in [0.2, 0.25) is 0 Å². The number of terminal acetylenes is 1. The number of nitrogens with one attached hydrogen (secondary N) is 1. The number of methoxy groups -OCH3 is 1. The van der Waals surface area contributed by atoms with Crippen molar-refractivity contribution in [2.24, 2.45) is 0 Å². The molecule has 0 saturated heterocycles. The molecule has 0 saturated carbocycles. The second kappa shape index (κ2) is 10.0. The van der Waals surface area contributed by atoms with E-state index in [1.54, 1.807) is 7.11 Å². The van der Waals surface area contributed by atoms with Gasteiger partial charge in [0.1, 0.15) is 0 Å². The summed E-state index contributed by atoms with van der Waals surface area (Å²) in [6.07, 6.45) is 10.8. The number of unbranched alkanes of at least 4 members (excludes halogenated alkanes) is 1. The van der Waals surface area contributed by atoms with E-state index in [1.165, 1.54) is 0 Å². The average molecular weight is 211 g/mol. The van der Waals surface area contributed by atoms with Crippen molar-refractivity contribution in [3.8, 4) is 12.3 Å². The molecule has 0 spiro atoms. The molecular formula is C13H25NO. The second-order valence-electron chi connectivity index (χ2n) is 3.84. The monoisotopic (exact) mass is 211 g/mol. The molecule has 0 rings (SSSR count). The Kier molecular flexibility index (Phi) is 9.67. The van der Waals surface area contributed by atoms with E-state index < -0.39 is 0 Å². The molecule has 0 heterocycles. The molecular weight excluding hydrogens is 186 g/mol. The van der Waals surface area contributed by atoms with E-state index in [2.05, 4.69) is 25.1 Å². The van der Waals surface area contributed by atoms with Crippen molar-refractivity contribution in [3.05, 3.63) is 0 Å². The Morgan fingerprint density at radius 2 is 2.13 bits per heavy atom. The number of rotatable bonds is 9. The van der Waals surface area contributed by atoms with Crippen LogP contribution in [0.1, 0.15) is 46.0 Å². The van der Waals surface area contributed by atoms with Crippen LogP contribution in [0.3, 0.4) is 0 Å². The van der Waals surface area contributed by atoms with Gasteiger partial charge >= 0.3 is 0 Å². The summed E-state index contributed by atoms with van der Waals surface area (Å²) in [5, 5.41) is 3.54. The van der Waals surface area contributed by atoms with E-state index in [1.807, 2.05) is 0 Å². The normalized spacial score (nSPS) is 14.5. The lowest BCUT2D eigenvalue weighted by Crippen LogP contribution is -2.41. The Bertz CT molecular complexity index is 170. The van der Waals surface area contributed by atoms with Gasteiger partial charge in [0, 0.05) is 19.6 Å². The number of hydrogen-bond acceptors (Lipinski definition) is 2. The van der Waals surface area contributed by atoms with Crippen LogP contribution in [0.4, 0.5) is 0 Å². The predicted molar refractivity (Wildman–Crippen MR) is 65.9 cm³/mol. The predicted octanol–water partition coefficient (Wildman–Crippen LogP) is 2.58. The molecule has 2 heteroatoms. The van der Waals surface area contributed by atoms with Crippen LogP contribution in [-0.4, -0.2) is 25.8 Å². The topological polar surface area (TPSA) is 21.3 Å². The van der Waals surface area contributed by atoms with E-state index in [-0.39, 0.29) is 0 Å². The first kappa shape index (κ1) is 14.5. The van der Waals surface area contributed by atoms with E-state index in [9.17, 15) is 0 Å². The van der Waals surface area contributed by atoms with E-state index in [4.69, 9.17) is 11.2 Å². The Morgan fingerprint density at radius 3 is 2.60 bits per heavy atom. The summed E-state index contributed by atoms with van der Waals surface area (Å²) in [7, 11) is 1.79. The summed E-state index contributed by atoms with van der Waals surface area (Å²) >= 11 is 0. The Hall–Kier alpha value is -0.520. The third-order valence-corrected chi connectivity index (χ3v) is 2.65. The third kappa shape index (κ3) is 6.54. The molecule has 2 nitrogen and oxygen atoms in total. The maximum atomic E-state index is 5.48. The smallest absolute Gasteiger partial charge is 0.0721 e. The average Bonchev–Trinajstić information content (AvgIpc) is 2.26. The van der Waals surface area contributed by atoms with Gasteiger partial charge in [0.15, 0.2) is 0 Å². The lowest BCUT2D eigenvalue weighted by Gasteiger charge is -2.26. The molecule has 2 atom stereocenters. The SMILES string of the molecule is C#CCCCC(NCCC)C(CC)OC. The lowest BCUT2D eigenvalue weighted by atomic mass is 10.0. The molecule has 0 amide bonds. The second-order valence-corrected chi connectivity index (χ2v) is 3.84. The molecule has 15 heavy (non-hydrogen) atoms. The summed E-state index contributed by atoms with van der Waals surface area (Å²) in [5.74, 6) is 2.69. The van der Waals surface area contributed by atoms with Crippen LogP contribution < -0.4 is 5.32 Å². The standard InChI is InChI=1S/C13H25NO/c1-5-8-9-10-12(14-11-6-2)13(7-3)15-4/h1,12-14H,6-11H2,2-4H3. The molecule has 0 aliphatic rings. The van der Waals surface area contributed by atoms with Crippen LogP contribution >= 0.6 is 0 Å². The summed E-state index contributed by atoms with van der Waals surface area (Å²) < 4.78 is 5.48. The van der Waals surface area contributed by atoms with Crippen LogP contribution in [0, 0.1) is 12.3 Å². The van der Waals surface area contributed by atoms with Gasteiger partial charge in [0.2, 0.25) is 0 Å². The van der Waals surface area contributed by atoms with E-state index in [0.29, 0.717) is 12.1 Å². The first-order valence-electron chi connectivity index (χ1n) is 5.99. The summed E-state index contributed by atoms with van der Waals surface area (Å²) in [4.78, 5) is 0. The minimum Gasteiger partial charge on any atom is -0.380 e. The number of hydrogen-bond donors (Lipinski definition) is 1. The van der Waals surface area contributed by atoms with Gasteiger partial charge in [-0.1, -0.05) is 13.8 Å². The summed E-state index contributed by atoms with van der Waals surface area (Å²) in [5.41, 5.74) is 0. The maximum Gasteiger partial charge on any atom is 0.0721 e. The molecule has 0 aromatic rings. The molecule has 0 aromatic heterocycles. The third-order valence-electron chi connectivity index (χ3n) is 2.65. The zero-order chi connectivity index (χ0) is 11.5. The molecule has 0 aromatic carbocycles. The molecule has 1 N–H and O–H groups in total. The van der Waals surface area contributed by atoms with Gasteiger partial charge in [-0.15, -0.1) is 12.3 Å². The lowest BCUT2D eigenvalue weighted by molar-refractivity contribution is 0.0620. The van der Waals surface area contributed by atoms with Gasteiger partial charge in [-0.25, -0.2) is 0 Å². The largest absolute Gasteiger partial charge is 0.380 e. The highest BCUT2D eigenvalue weighted by Gasteiger charge is 2.17. The molecule has 0 fully saturated rings. The highest BCUT2D eigenvalue weighted by atomic mass is 16.5. The van der Waals surface area contributed by atoms with Gasteiger partial charge in [-0.05, 0) is 32.2 Å². The molecule has 2 unspecified atom stereocenters. The quantitative estimate of drug-likeness (QED) is 0.467. The minimum atomic E-state index is 0.314. The Labute approximate surface area is 94.8 Å². The van der Waals surface area contributed by atoms with Gasteiger partial charge < -0.3 is 10.1 Å². The molecule has 88 valence electrons. The van der Waals surface area contributed by atoms with Gasteiger partial charge in [0.05, 0.1) is 6.10 Å². The van der Waals surface area contributed by atoms with Gasteiger partial charge in [-0.3, -0.25) is 0 Å². The Morgan fingerprint density at radius 1 is 1.40 bits per heavy atom. The zero-order valence-electron chi connectivity index (χ0n) is 10.4. The fourth-order valence-electron chi connectivity index (χ4n) is 1.79. The van der Waals surface area contributed by atoms with Crippen molar-refractivity contribution in [1.29, 1.82) is 0 Å². The molecule has 0 radical (unpaired) electrons. The van der Waals surface area contributed by atoms with Gasteiger partial charge in [-0.2, -0.15) is 0 Å². The minimum absolute atomic E-state index is 0.314. The fourth-order valence-corrected chi connectivity index (χ4v) is 1.79. The Balaban J connectivity index is 3.98. The van der Waals surface area contributed by atoms with Crippen molar-refractivity contribution < 1.29 is 4.74 Å². The maximum absolute atomic E-state index is 5.48. The van der Waals surface area contributed by atoms with Crippen LogP contribution in [0.15, 0.2) is 0 Å². The summed E-state index contributed by atoms with van der Waals surface area (Å²) in [6.45, 7) is 5.40. The molecule has 0 aliphatic heterocycles. The molecule has 0 aliphatic carbocycles. The first-order valence-corrected chi connectivity index (χ1v) is 5.99. The van der Waals surface area contributed by atoms with Gasteiger partial charge in [0.25, 0.3) is 0 Å². The molecule has 0 bridgehead atoms. The highest BCUT2D eigenvalue weighted by Crippen LogP contribution is 2.10. The fraction of sp³-hybridized carbons (Fsp3) is 0.846. The van der Waals surface area contributed by atoms with Crippen molar-refractivity contribution in [3.63, 3.8) is 0 Å². The van der Waals surface area contributed by atoms with E-state index >= 15 is 0 Å². The van der Waals surface area contributed by atoms with Crippen molar-refractivity contribution in [1.82, 2.24) is 5.32 Å². The van der Waals surface area contributed by atoms with Crippen LogP contribution in [-0.2, 0) is 4.74 Å². The summed E-state index contributed by atoms with van der Waals surface area (Å²) in [6, 6.07) is 0.452. The van der Waals surface area contributed by atoms with Crippen molar-refractivity contribution in [2.45, 2.75) is 58.1 Å². The van der Waals surface area contributed by atoms with E-state index in [0.717, 1.165) is 38.6 Å². The number of ether oxygens (including phenoxy) is 1.